The second-order valence-corrected chi connectivity index (χ2v) is 7.88. The van der Waals surface area contributed by atoms with Gasteiger partial charge in [-0.2, -0.15) is 0 Å². The summed E-state index contributed by atoms with van der Waals surface area (Å²) in [4.78, 5) is 31.6. The molecule has 1 aromatic carbocycles. The molecule has 1 saturated heterocycles. The molecule has 1 aliphatic rings. The topological polar surface area (TPSA) is 99.5 Å². The van der Waals surface area contributed by atoms with Crippen LogP contribution in [0.5, 0.6) is 0 Å². The maximum Gasteiger partial charge on any atom is 0.319 e. The third-order valence-electron chi connectivity index (χ3n) is 5.54. The number of piperidine rings is 1. The number of carbonyl (C=O) groups is 2. The molecular formula is C24H26FN5O3. The molecule has 1 aliphatic heterocycles. The summed E-state index contributed by atoms with van der Waals surface area (Å²) in [6.45, 7) is 3.86. The number of carbonyl (C=O) groups excluding carboxylic acids is 2. The molecule has 9 heteroatoms. The number of aromatic nitrogens is 1. The van der Waals surface area contributed by atoms with Crippen LogP contribution in [0.15, 0.2) is 53.3 Å². The van der Waals surface area contributed by atoms with Gasteiger partial charge in [0.1, 0.15) is 17.4 Å². The molecule has 3 amide bonds. The lowest BCUT2D eigenvalue weighted by Gasteiger charge is -2.29. The van der Waals surface area contributed by atoms with Crippen LogP contribution in [0.4, 0.5) is 26.4 Å². The molecule has 3 N–H and O–H groups in total. The minimum absolute atomic E-state index is 0.0435. The zero-order valence-electron chi connectivity index (χ0n) is 18.4. The van der Waals surface area contributed by atoms with E-state index in [1.807, 2.05) is 12.1 Å². The standard InChI is InChI=1S/C24H26FN5O3/c1-16-19(9-13-33-16)23(31)29-21-14-18(7-8-20(21)25)28-24(32)27-15-17-6-5-10-26-22(17)30-11-3-2-4-12-30/h5-10,13-14H,2-4,11-12,15H2,1H3,(H,29,31)(H2,27,28,32). The molecule has 0 unspecified atom stereocenters. The number of hydrogen-bond donors (Lipinski definition) is 3. The van der Waals surface area contributed by atoms with Gasteiger partial charge in [0, 0.05) is 37.1 Å². The van der Waals surface area contributed by atoms with Crippen molar-refractivity contribution in [2.45, 2.75) is 32.7 Å². The first-order valence-corrected chi connectivity index (χ1v) is 10.9. The van der Waals surface area contributed by atoms with E-state index in [-0.39, 0.29) is 5.69 Å². The van der Waals surface area contributed by atoms with E-state index in [1.165, 1.54) is 36.9 Å². The van der Waals surface area contributed by atoms with Crippen LogP contribution < -0.4 is 20.9 Å². The van der Waals surface area contributed by atoms with E-state index in [0.717, 1.165) is 37.3 Å². The summed E-state index contributed by atoms with van der Waals surface area (Å²) in [5, 5.41) is 8.01. The first-order valence-electron chi connectivity index (χ1n) is 10.9. The summed E-state index contributed by atoms with van der Waals surface area (Å²) in [5.74, 6) is 0.209. The van der Waals surface area contributed by atoms with Gasteiger partial charge in [-0.05, 0) is 56.5 Å². The van der Waals surface area contributed by atoms with Crippen molar-refractivity contribution in [1.29, 1.82) is 0 Å². The predicted octanol–water partition coefficient (Wildman–Crippen LogP) is 4.69. The number of nitrogens with zero attached hydrogens (tertiary/aromatic N) is 2. The summed E-state index contributed by atoms with van der Waals surface area (Å²) in [5.41, 5.74) is 1.54. The zero-order valence-corrected chi connectivity index (χ0v) is 18.4. The van der Waals surface area contributed by atoms with Gasteiger partial charge < -0.3 is 25.3 Å². The van der Waals surface area contributed by atoms with Crippen molar-refractivity contribution in [3.63, 3.8) is 0 Å². The van der Waals surface area contributed by atoms with Crippen LogP contribution in [-0.2, 0) is 6.54 Å². The molecule has 2 aromatic heterocycles. The quantitative estimate of drug-likeness (QED) is 0.505. The van der Waals surface area contributed by atoms with Crippen molar-refractivity contribution in [3.05, 3.63) is 71.6 Å². The van der Waals surface area contributed by atoms with E-state index >= 15 is 0 Å². The van der Waals surface area contributed by atoms with Crippen LogP contribution in [0, 0.1) is 12.7 Å². The van der Waals surface area contributed by atoms with Crippen LogP contribution in [0.3, 0.4) is 0 Å². The normalized spacial score (nSPS) is 13.5. The molecule has 33 heavy (non-hydrogen) atoms. The third-order valence-corrected chi connectivity index (χ3v) is 5.54. The highest BCUT2D eigenvalue weighted by Gasteiger charge is 2.17. The molecule has 8 nitrogen and oxygen atoms in total. The van der Waals surface area contributed by atoms with Gasteiger partial charge in [0.2, 0.25) is 0 Å². The Kier molecular flexibility index (Phi) is 6.87. The van der Waals surface area contributed by atoms with Crippen molar-refractivity contribution in [2.75, 3.05) is 28.6 Å². The smallest absolute Gasteiger partial charge is 0.319 e. The van der Waals surface area contributed by atoms with Crippen molar-refractivity contribution in [3.8, 4) is 0 Å². The molecule has 0 spiro atoms. The molecule has 0 bridgehead atoms. The number of halogens is 1. The number of urea groups is 1. The van der Waals surface area contributed by atoms with Gasteiger partial charge in [-0.25, -0.2) is 14.2 Å². The average Bonchev–Trinajstić information content (AvgIpc) is 3.26. The van der Waals surface area contributed by atoms with E-state index in [1.54, 1.807) is 13.1 Å². The summed E-state index contributed by atoms with van der Waals surface area (Å²) in [7, 11) is 0. The van der Waals surface area contributed by atoms with Crippen LogP contribution >= 0.6 is 0 Å². The average molecular weight is 452 g/mol. The Bertz CT molecular complexity index is 1140. The first kappa shape index (κ1) is 22.3. The van der Waals surface area contributed by atoms with Gasteiger partial charge in [0.05, 0.1) is 17.5 Å². The minimum Gasteiger partial charge on any atom is -0.469 e. The number of rotatable bonds is 6. The summed E-state index contributed by atoms with van der Waals surface area (Å²) in [6, 6.07) is 8.83. The number of hydrogen-bond acceptors (Lipinski definition) is 5. The molecule has 1 fully saturated rings. The van der Waals surface area contributed by atoms with Gasteiger partial charge >= 0.3 is 6.03 Å². The molecule has 0 aliphatic carbocycles. The van der Waals surface area contributed by atoms with E-state index in [4.69, 9.17) is 4.42 Å². The van der Waals surface area contributed by atoms with Gasteiger partial charge in [0.25, 0.3) is 5.91 Å². The fourth-order valence-corrected chi connectivity index (χ4v) is 3.82. The molecule has 4 rings (SSSR count). The van der Waals surface area contributed by atoms with Gasteiger partial charge in [0.15, 0.2) is 0 Å². The highest BCUT2D eigenvalue weighted by atomic mass is 19.1. The van der Waals surface area contributed by atoms with Crippen molar-refractivity contribution < 1.29 is 18.4 Å². The summed E-state index contributed by atoms with van der Waals surface area (Å²) >= 11 is 0. The molecule has 172 valence electrons. The zero-order chi connectivity index (χ0) is 23.2. The van der Waals surface area contributed by atoms with Crippen molar-refractivity contribution in [2.24, 2.45) is 0 Å². The van der Waals surface area contributed by atoms with Crippen LogP contribution in [0.1, 0.15) is 40.9 Å². The van der Waals surface area contributed by atoms with E-state index in [0.29, 0.717) is 23.6 Å². The maximum absolute atomic E-state index is 14.2. The van der Waals surface area contributed by atoms with E-state index in [9.17, 15) is 14.0 Å². The SMILES string of the molecule is Cc1occc1C(=O)Nc1cc(NC(=O)NCc2cccnc2N2CCCCC2)ccc1F. The summed E-state index contributed by atoms with van der Waals surface area (Å²) in [6.07, 6.45) is 6.64. The Balaban J connectivity index is 1.38. The minimum atomic E-state index is -0.614. The lowest BCUT2D eigenvalue weighted by molar-refractivity contribution is 0.102. The lowest BCUT2D eigenvalue weighted by atomic mass is 10.1. The van der Waals surface area contributed by atoms with Crippen LogP contribution in [0.2, 0.25) is 0 Å². The highest BCUT2D eigenvalue weighted by Crippen LogP contribution is 2.23. The fraction of sp³-hybridized carbons (Fsp3) is 0.292. The number of aryl methyl sites for hydroxylation is 1. The van der Waals surface area contributed by atoms with E-state index < -0.39 is 17.8 Å². The molecule has 3 heterocycles. The Morgan fingerprint density at radius 2 is 1.94 bits per heavy atom. The Morgan fingerprint density at radius 1 is 1.12 bits per heavy atom. The maximum atomic E-state index is 14.2. The second-order valence-electron chi connectivity index (χ2n) is 7.88. The molecule has 0 atom stereocenters. The summed E-state index contributed by atoms with van der Waals surface area (Å²) < 4.78 is 19.3. The Hall–Kier alpha value is -3.88. The van der Waals surface area contributed by atoms with E-state index in [2.05, 4.69) is 25.8 Å². The number of pyridine rings is 1. The molecule has 0 radical (unpaired) electrons. The van der Waals surface area contributed by atoms with Gasteiger partial charge in [-0.15, -0.1) is 0 Å². The molecular weight excluding hydrogens is 425 g/mol. The Morgan fingerprint density at radius 3 is 2.70 bits per heavy atom. The second kappa shape index (κ2) is 10.2. The van der Waals surface area contributed by atoms with Crippen molar-refractivity contribution in [1.82, 2.24) is 10.3 Å². The first-order chi connectivity index (χ1) is 16.0. The Labute approximate surface area is 191 Å². The third kappa shape index (κ3) is 5.49. The largest absolute Gasteiger partial charge is 0.469 e. The number of furan rings is 1. The number of nitrogens with one attached hydrogen (secondary N) is 3. The number of amides is 3. The van der Waals surface area contributed by atoms with Gasteiger partial charge in [-0.3, -0.25) is 4.79 Å². The highest BCUT2D eigenvalue weighted by molar-refractivity contribution is 6.05. The monoisotopic (exact) mass is 451 g/mol. The van der Waals surface area contributed by atoms with Crippen molar-refractivity contribution >= 4 is 29.1 Å². The predicted molar refractivity (Wildman–Crippen MR) is 124 cm³/mol. The molecule has 3 aromatic rings. The number of anilines is 3. The fourth-order valence-electron chi connectivity index (χ4n) is 3.82. The van der Waals surface area contributed by atoms with Crippen LogP contribution in [0.25, 0.3) is 0 Å². The number of benzene rings is 1. The molecule has 0 saturated carbocycles. The lowest BCUT2D eigenvalue weighted by Crippen LogP contribution is -2.33. The van der Waals surface area contributed by atoms with Crippen LogP contribution in [-0.4, -0.2) is 30.0 Å². The van der Waals surface area contributed by atoms with Gasteiger partial charge in [-0.1, -0.05) is 6.07 Å².